The monoisotopic (exact) mass is 388 g/mol. The average molecular weight is 388 g/mol. The van der Waals surface area contributed by atoms with Gasteiger partial charge in [-0.25, -0.2) is 4.79 Å². The maximum absolute atomic E-state index is 12.6. The minimum atomic E-state index is -0.992. The van der Waals surface area contributed by atoms with E-state index in [9.17, 15) is 4.79 Å². The van der Waals surface area contributed by atoms with Crippen LogP contribution in [-0.4, -0.2) is 42.9 Å². The lowest BCUT2D eigenvalue weighted by Crippen LogP contribution is -2.61. The molecular formula is C21H33BN2O4. The van der Waals surface area contributed by atoms with Gasteiger partial charge in [-0.1, -0.05) is 36.8 Å². The van der Waals surface area contributed by atoms with Crippen molar-refractivity contribution in [2.24, 2.45) is 11.7 Å². The van der Waals surface area contributed by atoms with Crippen LogP contribution in [0, 0.1) is 5.92 Å². The molecule has 2 aliphatic heterocycles. The van der Waals surface area contributed by atoms with E-state index in [2.05, 4.69) is 33.0 Å². The standard InChI is InChI=1S/C21H33BN2O4/c1-19(2)20(3,4)28-22(27-19)11-10-17-12-21(23,15-24-13-17)18(25)26-14-16-8-6-5-7-9-16/h5-9,17,24H,10-15,23H2,1-4H3/t17-,21-/m1/s1. The third-order valence-corrected chi connectivity index (χ3v) is 6.26. The summed E-state index contributed by atoms with van der Waals surface area (Å²) in [5.41, 5.74) is 5.76. The number of nitrogens with two attached hydrogens (primary N) is 1. The van der Waals surface area contributed by atoms with Gasteiger partial charge in [-0.15, -0.1) is 0 Å². The molecule has 2 fully saturated rings. The van der Waals surface area contributed by atoms with Crippen molar-refractivity contribution in [3.05, 3.63) is 35.9 Å². The minimum Gasteiger partial charge on any atom is -0.459 e. The SMILES string of the molecule is CC1(C)OB(CC[C@H]2CNC[C@@](N)(C(=O)OCc3ccccc3)C2)OC1(C)C. The quantitative estimate of drug-likeness (QED) is 0.576. The maximum Gasteiger partial charge on any atom is 0.457 e. The molecule has 6 nitrogen and oxygen atoms in total. The van der Waals surface area contributed by atoms with Gasteiger partial charge in [0, 0.05) is 6.54 Å². The topological polar surface area (TPSA) is 82.8 Å². The summed E-state index contributed by atoms with van der Waals surface area (Å²) in [6.07, 6.45) is 2.27. The van der Waals surface area contributed by atoms with E-state index in [-0.39, 0.29) is 36.8 Å². The van der Waals surface area contributed by atoms with Gasteiger partial charge < -0.3 is 25.1 Å². The molecule has 0 radical (unpaired) electrons. The lowest BCUT2D eigenvalue weighted by molar-refractivity contribution is -0.152. The van der Waals surface area contributed by atoms with Gasteiger partial charge in [-0.2, -0.15) is 0 Å². The predicted octanol–water partition coefficient (Wildman–Crippen LogP) is 2.52. The largest absolute Gasteiger partial charge is 0.459 e. The van der Waals surface area contributed by atoms with Crippen LogP contribution in [0.25, 0.3) is 0 Å². The van der Waals surface area contributed by atoms with E-state index in [0.29, 0.717) is 13.0 Å². The molecule has 154 valence electrons. The third kappa shape index (κ3) is 4.77. The number of piperidine rings is 1. The second-order valence-electron chi connectivity index (χ2n) is 9.18. The van der Waals surface area contributed by atoms with Crippen molar-refractivity contribution in [2.75, 3.05) is 13.1 Å². The van der Waals surface area contributed by atoms with Gasteiger partial charge in [0.25, 0.3) is 0 Å². The molecule has 0 aliphatic carbocycles. The Bertz CT molecular complexity index is 666. The lowest BCUT2D eigenvalue weighted by atomic mass is 9.75. The molecule has 0 unspecified atom stereocenters. The van der Waals surface area contributed by atoms with Crippen molar-refractivity contribution in [1.29, 1.82) is 0 Å². The highest BCUT2D eigenvalue weighted by Gasteiger charge is 2.51. The molecule has 7 heteroatoms. The number of carbonyl (C=O) groups is 1. The van der Waals surface area contributed by atoms with Crippen LogP contribution < -0.4 is 11.1 Å². The first-order valence-corrected chi connectivity index (χ1v) is 10.2. The molecule has 0 bridgehead atoms. The summed E-state index contributed by atoms with van der Waals surface area (Å²) in [4.78, 5) is 12.6. The highest BCUT2D eigenvalue weighted by atomic mass is 16.7. The molecule has 2 heterocycles. The van der Waals surface area contributed by atoms with Crippen molar-refractivity contribution in [2.45, 2.75) is 70.2 Å². The van der Waals surface area contributed by atoms with E-state index >= 15 is 0 Å². The van der Waals surface area contributed by atoms with Gasteiger partial charge >= 0.3 is 13.1 Å². The molecule has 2 atom stereocenters. The van der Waals surface area contributed by atoms with Gasteiger partial charge in [0.2, 0.25) is 0 Å². The second kappa shape index (κ2) is 8.15. The molecule has 2 aliphatic rings. The highest BCUT2D eigenvalue weighted by molar-refractivity contribution is 6.45. The van der Waals surface area contributed by atoms with Crippen molar-refractivity contribution in [1.82, 2.24) is 5.32 Å². The van der Waals surface area contributed by atoms with E-state index in [1.165, 1.54) is 0 Å². The number of hydrogen-bond donors (Lipinski definition) is 2. The number of benzene rings is 1. The second-order valence-corrected chi connectivity index (χ2v) is 9.18. The Morgan fingerprint density at radius 2 is 1.86 bits per heavy atom. The van der Waals surface area contributed by atoms with E-state index in [4.69, 9.17) is 19.8 Å². The van der Waals surface area contributed by atoms with Crippen LogP contribution in [0.4, 0.5) is 0 Å². The van der Waals surface area contributed by atoms with Crippen LogP contribution >= 0.6 is 0 Å². The fourth-order valence-electron chi connectivity index (χ4n) is 3.84. The van der Waals surface area contributed by atoms with Gasteiger partial charge in [-0.05, 0) is 58.5 Å². The van der Waals surface area contributed by atoms with Crippen LogP contribution in [0.15, 0.2) is 30.3 Å². The Kier molecular flexibility index (Phi) is 6.20. The average Bonchev–Trinajstić information content (AvgIpc) is 2.85. The van der Waals surface area contributed by atoms with Gasteiger partial charge in [-0.3, -0.25) is 0 Å². The van der Waals surface area contributed by atoms with Gasteiger partial charge in [0.15, 0.2) is 0 Å². The van der Waals surface area contributed by atoms with Crippen molar-refractivity contribution in [3.63, 3.8) is 0 Å². The summed E-state index contributed by atoms with van der Waals surface area (Å²) >= 11 is 0. The van der Waals surface area contributed by atoms with Crippen LogP contribution in [0.1, 0.15) is 46.1 Å². The minimum absolute atomic E-state index is 0.218. The molecule has 0 aromatic heterocycles. The third-order valence-electron chi connectivity index (χ3n) is 6.26. The normalized spacial score (nSPS) is 28.9. The Balaban J connectivity index is 1.49. The molecule has 3 N–H and O–H groups in total. The Morgan fingerprint density at radius 1 is 1.21 bits per heavy atom. The Hall–Kier alpha value is -1.41. The summed E-state index contributed by atoms with van der Waals surface area (Å²) in [7, 11) is -0.218. The molecule has 1 aromatic carbocycles. The first-order valence-electron chi connectivity index (χ1n) is 10.2. The molecule has 0 spiro atoms. The van der Waals surface area contributed by atoms with Crippen LogP contribution in [0.3, 0.4) is 0 Å². The first kappa shape index (κ1) is 21.3. The summed E-state index contributed by atoms with van der Waals surface area (Å²) in [5, 5.41) is 3.30. The van der Waals surface area contributed by atoms with Crippen LogP contribution in [-0.2, 0) is 25.4 Å². The summed E-state index contributed by atoms with van der Waals surface area (Å²) in [5.74, 6) is -0.0637. The van der Waals surface area contributed by atoms with Crippen molar-refractivity contribution < 1.29 is 18.8 Å². The van der Waals surface area contributed by atoms with Crippen LogP contribution in [0.5, 0.6) is 0 Å². The number of ether oxygens (including phenoxy) is 1. The molecule has 3 rings (SSSR count). The summed E-state index contributed by atoms with van der Waals surface area (Å²) < 4.78 is 17.7. The van der Waals surface area contributed by atoms with E-state index in [1.54, 1.807) is 0 Å². The molecular weight excluding hydrogens is 355 g/mol. The van der Waals surface area contributed by atoms with E-state index < -0.39 is 5.54 Å². The fourth-order valence-corrected chi connectivity index (χ4v) is 3.84. The highest BCUT2D eigenvalue weighted by Crippen LogP contribution is 2.38. The van der Waals surface area contributed by atoms with Crippen molar-refractivity contribution in [3.8, 4) is 0 Å². The van der Waals surface area contributed by atoms with Gasteiger partial charge in [0.1, 0.15) is 12.1 Å². The van der Waals surface area contributed by atoms with E-state index in [0.717, 1.165) is 24.8 Å². The zero-order chi connectivity index (χ0) is 20.4. The van der Waals surface area contributed by atoms with Gasteiger partial charge in [0.05, 0.1) is 11.2 Å². The Morgan fingerprint density at radius 3 is 2.50 bits per heavy atom. The molecule has 1 aromatic rings. The molecule has 28 heavy (non-hydrogen) atoms. The number of esters is 1. The number of rotatable bonds is 6. The van der Waals surface area contributed by atoms with Crippen molar-refractivity contribution >= 4 is 13.1 Å². The molecule has 0 saturated carbocycles. The summed E-state index contributed by atoms with van der Waals surface area (Å²) in [6.45, 7) is 9.76. The fraction of sp³-hybridized carbons (Fsp3) is 0.667. The maximum atomic E-state index is 12.6. The smallest absolute Gasteiger partial charge is 0.457 e. The Labute approximate surface area is 168 Å². The zero-order valence-corrected chi connectivity index (χ0v) is 17.5. The number of hydrogen-bond acceptors (Lipinski definition) is 6. The van der Waals surface area contributed by atoms with E-state index in [1.807, 2.05) is 30.3 Å². The van der Waals surface area contributed by atoms with Crippen LogP contribution in [0.2, 0.25) is 6.32 Å². The summed E-state index contributed by atoms with van der Waals surface area (Å²) in [6, 6.07) is 9.65. The zero-order valence-electron chi connectivity index (χ0n) is 17.5. The molecule has 2 saturated heterocycles. The number of carbonyl (C=O) groups excluding carboxylic acids is 1. The molecule has 0 amide bonds. The first-order chi connectivity index (χ1) is 13.1. The predicted molar refractivity (Wildman–Crippen MR) is 110 cm³/mol. The lowest BCUT2D eigenvalue weighted by Gasteiger charge is -2.36. The number of nitrogens with one attached hydrogen (secondary N) is 1.